The lowest BCUT2D eigenvalue weighted by atomic mass is 9.96. The number of carbonyl (C=O) groups is 1. The first-order valence-corrected chi connectivity index (χ1v) is 13.4. The van der Waals surface area contributed by atoms with Crippen LogP contribution in [0.2, 0.25) is 5.02 Å². The van der Waals surface area contributed by atoms with Crippen molar-refractivity contribution in [1.29, 1.82) is 0 Å². The Hall–Kier alpha value is -2.78. The van der Waals surface area contributed by atoms with Gasteiger partial charge in [-0.2, -0.15) is 5.10 Å². The summed E-state index contributed by atoms with van der Waals surface area (Å²) in [4.78, 5) is 17.7. The average Bonchev–Trinajstić information content (AvgIpc) is 3.16. The maximum absolute atomic E-state index is 13.7. The number of sulfonamides is 1. The van der Waals surface area contributed by atoms with E-state index in [1.54, 1.807) is 6.07 Å². The summed E-state index contributed by atoms with van der Waals surface area (Å²) in [5.74, 6) is 0.723. The molecule has 8 nitrogen and oxygen atoms in total. The highest BCUT2D eigenvalue weighted by Gasteiger charge is 2.31. The molecule has 0 aliphatic carbocycles. The number of nitrogens with zero attached hydrogens (tertiary/aromatic N) is 4. The van der Waals surface area contributed by atoms with Crippen molar-refractivity contribution in [2.75, 3.05) is 35.5 Å². The van der Waals surface area contributed by atoms with Gasteiger partial charge in [-0.15, -0.1) is 0 Å². The minimum atomic E-state index is -3.55. The number of aromatic nitrogens is 2. The number of carbonyl (C=O) groups excluding carboxylic acids is 1. The van der Waals surface area contributed by atoms with Gasteiger partial charge in [0.05, 0.1) is 29.1 Å². The van der Waals surface area contributed by atoms with E-state index in [2.05, 4.69) is 21.8 Å². The summed E-state index contributed by atoms with van der Waals surface area (Å²) in [6, 6.07) is 10.7. The summed E-state index contributed by atoms with van der Waals surface area (Å²) in [7, 11) is -3.55. The number of benzene rings is 1. The number of nitrogens with one attached hydrogen (secondary N) is 1. The second-order valence-corrected chi connectivity index (χ2v) is 10.9. The Bertz CT molecular complexity index is 1320. The fourth-order valence-corrected chi connectivity index (χ4v) is 5.31. The van der Waals surface area contributed by atoms with Gasteiger partial charge in [-0.1, -0.05) is 11.6 Å². The number of hydrogen-bond acceptors (Lipinski definition) is 5. The fraction of sp³-hybridized carbons (Fsp3) is 0.391. The van der Waals surface area contributed by atoms with E-state index in [0.29, 0.717) is 11.6 Å². The summed E-state index contributed by atoms with van der Waals surface area (Å²) < 4.78 is 28.0. The van der Waals surface area contributed by atoms with Crippen LogP contribution >= 0.6 is 11.6 Å². The summed E-state index contributed by atoms with van der Waals surface area (Å²) in [5.41, 5.74) is 2.49. The van der Waals surface area contributed by atoms with Gasteiger partial charge in [0.25, 0.3) is 5.91 Å². The smallest absolute Gasteiger partial charge is 0.256 e. The van der Waals surface area contributed by atoms with Gasteiger partial charge in [0.1, 0.15) is 5.82 Å². The van der Waals surface area contributed by atoms with Crippen LogP contribution in [0.5, 0.6) is 0 Å². The number of amides is 1. The van der Waals surface area contributed by atoms with Crippen LogP contribution in [0.4, 0.5) is 11.5 Å². The van der Waals surface area contributed by atoms with Gasteiger partial charge in [0, 0.05) is 30.9 Å². The van der Waals surface area contributed by atoms with Crippen molar-refractivity contribution in [2.45, 2.75) is 31.7 Å². The molecular formula is C23H26ClN5O3S. The Morgan fingerprint density at radius 3 is 2.64 bits per heavy atom. The van der Waals surface area contributed by atoms with E-state index in [0.717, 1.165) is 55.5 Å². The van der Waals surface area contributed by atoms with Crippen molar-refractivity contribution in [3.63, 3.8) is 0 Å². The second kappa shape index (κ2) is 8.53. The van der Waals surface area contributed by atoms with Crippen molar-refractivity contribution in [1.82, 2.24) is 14.5 Å². The molecule has 1 N–H and O–H groups in total. The van der Waals surface area contributed by atoms with Crippen molar-refractivity contribution in [3.05, 3.63) is 58.7 Å². The van der Waals surface area contributed by atoms with Gasteiger partial charge < -0.3 is 9.80 Å². The number of likely N-dealkylation sites (tertiary alicyclic amines) is 1. The SMILES string of the molecule is CS(=O)(=O)Nc1ccc(Cl)cc1C(=O)N1CCCC[C@H]1c1cc2ccc(N3CCC3)nn2c1. The molecule has 0 radical (unpaired) electrons. The molecule has 0 spiro atoms. The van der Waals surface area contributed by atoms with Crippen molar-refractivity contribution in [2.24, 2.45) is 0 Å². The maximum atomic E-state index is 13.7. The Balaban J connectivity index is 1.48. The molecule has 3 aromatic rings. The zero-order valence-corrected chi connectivity index (χ0v) is 19.9. The molecule has 2 aliphatic rings. The van der Waals surface area contributed by atoms with Crippen LogP contribution in [0.1, 0.15) is 47.6 Å². The highest BCUT2D eigenvalue weighted by molar-refractivity contribution is 7.92. The zero-order valence-electron chi connectivity index (χ0n) is 18.4. The topological polar surface area (TPSA) is 87.0 Å². The molecule has 0 bridgehead atoms. The minimum Gasteiger partial charge on any atom is -0.355 e. The van der Waals surface area contributed by atoms with Crippen molar-refractivity contribution < 1.29 is 13.2 Å². The van der Waals surface area contributed by atoms with Crippen LogP contribution in [0, 0.1) is 0 Å². The molecule has 0 saturated carbocycles. The van der Waals surface area contributed by atoms with E-state index < -0.39 is 10.0 Å². The molecule has 10 heteroatoms. The third kappa shape index (κ3) is 4.52. The normalized spacial score (nSPS) is 18.9. The first-order valence-electron chi connectivity index (χ1n) is 11.1. The molecule has 2 aromatic heterocycles. The number of piperidine rings is 1. The summed E-state index contributed by atoms with van der Waals surface area (Å²) >= 11 is 6.17. The lowest BCUT2D eigenvalue weighted by Crippen LogP contribution is -2.38. The second-order valence-electron chi connectivity index (χ2n) is 8.75. The maximum Gasteiger partial charge on any atom is 0.256 e. The number of anilines is 2. The molecule has 2 fully saturated rings. The highest BCUT2D eigenvalue weighted by atomic mass is 35.5. The number of fused-ring (bicyclic) bond motifs is 1. The first kappa shape index (κ1) is 22.0. The molecule has 174 valence electrons. The van der Waals surface area contributed by atoms with Gasteiger partial charge >= 0.3 is 0 Å². The van der Waals surface area contributed by atoms with E-state index in [1.165, 1.54) is 18.6 Å². The largest absolute Gasteiger partial charge is 0.355 e. The van der Waals surface area contributed by atoms with Crippen LogP contribution in [0.3, 0.4) is 0 Å². The van der Waals surface area contributed by atoms with Gasteiger partial charge in [-0.05, 0) is 67.6 Å². The van der Waals surface area contributed by atoms with E-state index >= 15 is 0 Å². The number of halogens is 1. The van der Waals surface area contributed by atoms with E-state index in [9.17, 15) is 13.2 Å². The number of rotatable bonds is 5. The van der Waals surface area contributed by atoms with Crippen LogP contribution in [0.25, 0.3) is 5.52 Å². The standard InChI is InChI=1S/C23H26ClN5O3S/c1-33(31,32)26-20-8-6-17(24)14-19(20)23(30)28-12-3-2-5-21(28)16-13-18-7-9-22(25-29(18)15-16)27-10-4-11-27/h6-9,13-15,21,26H,2-5,10-12H2,1H3/t21-/m0/s1. The molecule has 5 rings (SSSR count). The zero-order chi connectivity index (χ0) is 23.2. The van der Waals surface area contributed by atoms with E-state index in [4.69, 9.17) is 16.7 Å². The van der Waals surface area contributed by atoms with Crippen molar-refractivity contribution >= 4 is 44.6 Å². The van der Waals surface area contributed by atoms with Gasteiger partial charge in [-0.3, -0.25) is 9.52 Å². The summed E-state index contributed by atoms with van der Waals surface area (Å²) in [6.07, 6.45) is 6.99. The third-order valence-corrected chi connectivity index (χ3v) is 7.13. The van der Waals surface area contributed by atoms with Crippen molar-refractivity contribution in [3.8, 4) is 0 Å². The first-order chi connectivity index (χ1) is 15.8. The molecule has 1 atom stereocenters. The lowest BCUT2D eigenvalue weighted by Gasteiger charge is -2.36. The van der Waals surface area contributed by atoms with Crippen LogP contribution < -0.4 is 9.62 Å². The van der Waals surface area contributed by atoms with Crippen LogP contribution in [-0.2, 0) is 10.0 Å². The minimum absolute atomic E-state index is 0.120. The molecule has 1 aromatic carbocycles. The molecule has 2 aliphatic heterocycles. The highest BCUT2D eigenvalue weighted by Crippen LogP contribution is 2.35. The lowest BCUT2D eigenvalue weighted by molar-refractivity contribution is 0.0612. The summed E-state index contributed by atoms with van der Waals surface area (Å²) in [6.45, 7) is 2.65. The van der Waals surface area contributed by atoms with Crippen LogP contribution in [-0.4, -0.2) is 54.7 Å². The summed E-state index contributed by atoms with van der Waals surface area (Å²) in [5, 5.41) is 5.13. The average molecular weight is 488 g/mol. The van der Waals surface area contributed by atoms with Crippen LogP contribution in [0.15, 0.2) is 42.6 Å². The molecule has 33 heavy (non-hydrogen) atoms. The molecule has 4 heterocycles. The van der Waals surface area contributed by atoms with Gasteiger partial charge in [0.2, 0.25) is 10.0 Å². The van der Waals surface area contributed by atoms with Gasteiger partial charge in [0.15, 0.2) is 0 Å². The molecule has 1 amide bonds. The molecule has 2 saturated heterocycles. The van der Waals surface area contributed by atoms with Gasteiger partial charge in [-0.25, -0.2) is 12.9 Å². The monoisotopic (exact) mass is 487 g/mol. The van der Waals surface area contributed by atoms with E-state index in [-0.39, 0.29) is 23.2 Å². The Morgan fingerprint density at radius 2 is 1.91 bits per heavy atom. The quantitative estimate of drug-likeness (QED) is 0.589. The third-order valence-electron chi connectivity index (χ3n) is 6.30. The van der Waals surface area contributed by atoms with E-state index in [1.807, 2.05) is 21.7 Å². The Kier molecular flexibility index (Phi) is 5.70. The Morgan fingerprint density at radius 1 is 1.09 bits per heavy atom. The predicted molar refractivity (Wildman–Crippen MR) is 130 cm³/mol. The molecule has 0 unspecified atom stereocenters. The fourth-order valence-electron chi connectivity index (χ4n) is 4.56. The molecular weight excluding hydrogens is 462 g/mol. The Labute approximate surface area is 198 Å². The number of hydrogen-bond donors (Lipinski definition) is 1. The predicted octanol–water partition coefficient (Wildman–Crippen LogP) is 3.94.